The van der Waals surface area contributed by atoms with Gasteiger partial charge in [-0.1, -0.05) is 23.7 Å². The smallest absolute Gasteiger partial charge is 0.290 e. The summed E-state index contributed by atoms with van der Waals surface area (Å²) in [4.78, 5) is 5.92. The number of guanidine groups is 1. The Morgan fingerprint density at radius 2 is 2.06 bits per heavy atom. The standard InChI is InChI=1S/C12H14ClF2N3/c1-18-7-6-16-11(18)17-8-12(14,15)9-2-4-10(13)5-3-9/h2-5H,6-8H2,1H3,(H,16,17). The van der Waals surface area contributed by atoms with Crippen molar-refractivity contribution in [3.63, 3.8) is 0 Å². The highest BCUT2D eigenvalue weighted by Gasteiger charge is 2.32. The fraction of sp³-hybridized carbons (Fsp3) is 0.417. The minimum atomic E-state index is -2.95. The van der Waals surface area contributed by atoms with Crippen LogP contribution in [-0.4, -0.2) is 37.5 Å². The van der Waals surface area contributed by atoms with Crippen molar-refractivity contribution in [1.82, 2.24) is 10.2 Å². The normalized spacial score (nSPS) is 15.8. The van der Waals surface area contributed by atoms with E-state index in [-0.39, 0.29) is 5.56 Å². The van der Waals surface area contributed by atoms with Gasteiger partial charge in [-0.25, -0.2) is 0 Å². The van der Waals surface area contributed by atoms with E-state index >= 15 is 0 Å². The second-order valence-corrected chi connectivity index (χ2v) is 4.63. The summed E-state index contributed by atoms with van der Waals surface area (Å²) in [5, 5.41) is 3.12. The maximum absolute atomic E-state index is 13.9. The summed E-state index contributed by atoms with van der Waals surface area (Å²) in [5.74, 6) is -2.43. The Kier molecular flexibility index (Phi) is 3.71. The molecule has 3 nitrogen and oxygen atoms in total. The van der Waals surface area contributed by atoms with E-state index < -0.39 is 12.5 Å². The second kappa shape index (κ2) is 5.10. The van der Waals surface area contributed by atoms with E-state index in [1.807, 2.05) is 11.9 Å². The lowest BCUT2D eigenvalue weighted by Crippen LogP contribution is -2.41. The van der Waals surface area contributed by atoms with Crippen LogP contribution in [0.4, 0.5) is 8.78 Å². The molecule has 0 amide bonds. The van der Waals surface area contributed by atoms with E-state index in [0.29, 0.717) is 17.5 Å². The molecule has 0 spiro atoms. The van der Waals surface area contributed by atoms with Gasteiger partial charge in [-0.2, -0.15) is 8.78 Å². The minimum absolute atomic E-state index is 0.0550. The Balaban J connectivity index is 2.00. The number of halogens is 3. The van der Waals surface area contributed by atoms with Crippen LogP contribution in [0, 0.1) is 0 Å². The van der Waals surface area contributed by atoms with Gasteiger partial charge in [0.2, 0.25) is 0 Å². The SMILES string of the molecule is CN1CCN=C1NCC(F)(F)c1ccc(Cl)cc1. The second-order valence-electron chi connectivity index (χ2n) is 4.19. The van der Waals surface area contributed by atoms with Crippen molar-refractivity contribution in [2.75, 3.05) is 26.7 Å². The van der Waals surface area contributed by atoms with Crippen LogP contribution in [-0.2, 0) is 5.92 Å². The molecule has 1 aromatic rings. The molecule has 2 rings (SSSR count). The van der Waals surface area contributed by atoms with Crippen LogP contribution < -0.4 is 5.32 Å². The van der Waals surface area contributed by atoms with E-state index in [1.54, 1.807) is 0 Å². The molecular weight excluding hydrogens is 260 g/mol. The highest BCUT2D eigenvalue weighted by molar-refractivity contribution is 6.30. The summed E-state index contributed by atoms with van der Waals surface area (Å²) in [5.41, 5.74) is -0.0550. The molecule has 0 radical (unpaired) electrons. The Morgan fingerprint density at radius 3 is 2.61 bits per heavy atom. The summed E-state index contributed by atoms with van der Waals surface area (Å²) in [6, 6.07) is 5.60. The minimum Gasteiger partial charge on any atom is -0.350 e. The van der Waals surface area contributed by atoms with Crippen molar-refractivity contribution in [2.24, 2.45) is 4.99 Å². The number of aliphatic imine (C=N–C) groups is 1. The van der Waals surface area contributed by atoms with Gasteiger partial charge in [0.1, 0.15) is 0 Å². The lowest BCUT2D eigenvalue weighted by Gasteiger charge is -2.21. The Hall–Kier alpha value is -1.36. The van der Waals surface area contributed by atoms with E-state index in [4.69, 9.17) is 11.6 Å². The summed E-state index contributed by atoms with van der Waals surface area (Å²) in [6.07, 6.45) is 0. The van der Waals surface area contributed by atoms with E-state index in [0.717, 1.165) is 6.54 Å². The lowest BCUT2D eigenvalue weighted by atomic mass is 10.1. The first-order chi connectivity index (χ1) is 8.49. The number of hydrogen-bond donors (Lipinski definition) is 1. The molecule has 6 heteroatoms. The molecular formula is C12H14ClF2N3. The average Bonchev–Trinajstić information content (AvgIpc) is 2.73. The highest BCUT2D eigenvalue weighted by atomic mass is 35.5. The zero-order valence-corrected chi connectivity index (χ0v) is 10.7. The van der Waals surface area contributed by atoms with E-state index in [1.165, 1.54) is 24.3 Å². The predicted molar refractivity (Wildman–Crippen MR) is 68.3 cm³/mol. The van der Waals surface area contributed by atoms with Gasteiger partial charge in [0, 0.05) is 24.2 Å². The van der Waals surface area contributed by atoms with E-state index in [9.17, 15) is 8.78 Å². The predicted octanol–water partition coefficient (Wildman–Crippen LogP) is 2.32. The third-order valence-corrected chi connectivity index (χ3v) is 3.05. The van der Waals surface area contributed by atoms with Crippen molar-refractivity contribution >= 4 is 17.6 Å². The van der Waals surface area contributed by atoms with Crippen molar-refractivity contribution in [3.8, 4) is 0 Å². The molecule has 0 saturated heterocycles. The molecule has 18 heavy (non-hydrogen) atoms. The molecule has 1 aliphatic rings. The van der Waals surface area contributed by atoms with Crippen LogP contribution in [0.15, 0.2) is 29.3 Å². The Bertz CT molecular complexity index is 445. The van der Waals surface area contributed by atoms with Gasteiger partial charge >= 0.3 is 0 Å². The monoisotopic (exact) mass is 273 g/mol. The number of nitrogens with one attached hydrogen (secondary N) is 1. The first-order valence-corrected chi connectivity index (χ1v) is 6.00. The number of alkyl halides is 2. The van der Waals surface area contributed by atoms with Crippen LogP contribution >= 0.6 is 11.6 Å². The van der Waals surface area contributed by atoms with Crippen molar-refractivity contribution < 1.29 is 8.78 Å². The van der Waals surface area contributed by atoms with Gasteiger partial charge in [0.05, 0.1) is 13.1 Å². The molecule has 0 bridgehead atoms. The molecule has 0 aromatic heterocycles. The van der Waals surface area contributed by atoms with E-state index in [2.05, 4.69) is 10.3 Å². The molecule has 0 fully saturated rings. The molecule has 0 aliphatic carbocycles. The van der Waals surface area contributed by atoms with Gasteiger partial charge in [-0.15, -0.1) is 0 Å². The first-order valence-electron chi connectivity index (χ1n) is 5.62. The Morgan fingerprint density at radius 1 is 1.39 bits per heavy atom. The number of nitrogens with zero attached hydrogens (tertiary/aromatic N) is 2. The third kappa shape index (κ3) is 2.90. The van der Waals surface area contributed by atoms with Crippen LogP contribution in [0.1, 0.15) is 5.56 Å². The zero-order valence-electron chi connectivity index (χ0n) is 9.96. The van der Waals surface area contributed by atoms with Gasteiger partial charge in [0.15, 0.2) is 5.96 Å². The maximum atomic E-state index is 13.9. The molecule has 1 aliphatic heterocycles. The van der Waals surface area contributed by atoms with Crippen molar-refractivity contribution in [1.29, 1.82) is 0 Å². The molecule has 1 aromatic carbocycles. The highest BCUT2D eigenvalue weighted by Crippen LogP contribution is 2.28. The molecule has 1 N–H and O–H groups in total. The zero-order chi connectivity index (χ0) is 13.2. The molecule has 0 saturated carbocycles. The number of benzene rings is 1. The maximum Gasteiger partial charge on any atom is 0.290 e. The molecule has 0 unspecified atom stereocenters. The fourth-order valence-corrected chi connectivity index (χ4v) is 1.84. The van der Waals surface area contributed by atoms with Crippen LogP contribution in [0.2, 0.25) is 5.02 Å². The molecule has 0 atom stereocenters. The average molecular weight is 274 g/mol. The molecule has 1 heterocycles. The van der Waals surface area contributed by atoms with Crippen molar-refractivity contribution in [2.45, 2.75) is 5.92 Å². The van der Waals surface area contributed by atoms with Gasteiger partial charge in [-0.3, -0.25) is 4.99 Å². The molecule has 98 valence electrons. The van der Waals surface area contributed by atoms with Gasteiger partial charge in [-0.05, 0) is 12.1 Å². The summed E-state index contributed by atoms with van der Waals surface area (Å²) in [6.45, 7) is 0.929. The summed E-state index contributed by atoms with van der Waals surface area (Å²) >= 11 is 5.68. The van der Waals surface area contributed by atoms with Crippen molar-refractivity contribution in [3.05, 3.63) is 34.9 Å². The lowest BCUT2D eigenvalue weighted by molar-refractivity contribution is 0.000788. The third-order valence-electron chi connectivity index (χ3n) is 2.79. The Labute approximate surface area is 109 Å². The van der Waals surface area contributed by atoms with Crippen LogP contribution in [0.25, 0.3) is 0 Å². The topological polar surface area (TPSA) is 27.6 Å². The number of hydrogen-bond acceptors (Lipinski definition) is 3. The number of likely N-dealkylation sites (N-methyl/N-ethyl adjacent to an activating group) is 1. The fourth-order valence-electron chi connectivity index (χ4n) is 1.71. The van der Waals surface area contributed by atoms with Gasteiger partial charge < -0.3 is 10.2 Å². The quantitative estimate of drug-likeness (QED) is 0.915. The number of rotatable bonds is 3. The van der Waals surface area contributed by atoms with Crippen LogP contribution in [0.5, 0.6) is 0 Å². The van der Waals surface area contributed by atoms with Crippen LogP contribution in [0.3, 0.4) is 0 Å². The first kappa shape index (κ1) is 13.1. The largest absolute Gasteiger partial charge is 0.350 e. The summed E-state index contributed by atoms with van der Waals surface area (Å²) in [7, 11) is 1.82. The summed E-state index contributed by atoms with van der Waals surface area (Å²) < 4.78 is 27.8. The van der Waals surface area contributed by atoms with Gasteiger partial charge in [0.25, 0.3) is 5.92 Å².